The van der Waals surface area contributed by atoms with E-state index in [1.807, 2.05) is 0 Å². The molecule has 0 heterocycles. The number of thiol groups is 1. The van der Waals surface area contributed by atoms with Crippen LogP contribution in [0.2, 0.25) is 0 Å². The number of hydrogen-bond acceptors (Lipinski definition) is 1. The summed E-state index contributed by atoms with van der Waals surface area (Å²) in [5.41, 5.74) is 0. The Morgan fingerprint density at radius 1 is 1.83 bits per heavy atom. The first-order chi connectivity index (χ1) is 2.64. The van der Waals surface area contributed by atoms with Gasteiger partial charge in [-0.05, 0) is 5.20 Å². The Balaban J connectivity index is 3.57. The zero-order chi connectivity index (χ0) is 5.15. The van der Waals surface area contributed by atoms with E-state index in [0.717, 1.165) is 0 Å². The first-order valence-corrected chi connectivity index (χ1v) is 2.23. The summed E-state index contributed by atoms with van der Waals surface area (Å²) in [6.07, 6.45) is 0. The van der Waals surface area contributed by atoms with Crippen molar-refractivity contribution in [2.45, 2.75) is 0 Å². The summed E-state index contributed by atoms with van der Waals surface area (Å²) >= 11 is 3.41. The van der Waals surface area contributed by atoms with Crippen molar-refractivity contribution >= 4 is 28.0 Å². The SMILES string of the molecule is C=C([Si])C(=O)S. The zero-order valence-corrected chi connectivity index (χ0v) is 4.96. The number of rotatable bonds is 1. The normalized spacial score (nSPS) is 7.67. The Bertz CT molecular complexity index is 76.8. The lowest BCUT2D eigenvalue weighted by molar-refractivity contribution is -0.107. The van der Waals surface area contributed by atoms with Crippen LogP contribution in [-0.4, -0.2) is 15.4 Å². The van der Waals surface area contributed by atoms with E-state index in [1.54, 1.807) is 0 Å². The van der Waals surface area contributed by atoms with Gasteiger partial charge < -0.3 is 0 Å². The van der Waals surface area contributed by atoms with Gasteiger partial charge in [-0.2, -0.15) is 0 Å². The Kier molecular flexibility index (Phi) is 2.19. The standard InChI is InChI=1S/C3H3OSSi/c1-2(6)3(4)5/h1H2,(H,4,5). The van der Waals surface area contributed by atoms with E-state index in [1.165, 1.54) is 0 Å². The van der Waals surface area contributed by atoms with Gasteiger partial charge in [-0.25, -0.2) is 0 Å². The fourth-order valence-electron chi connectivity index (χ4n) is 0. The molecular weight excluding hydrogens is 112 g/mol. The van der Waals surface area contributed by atoms with Crippen LogP contribution < -0.4 is 0 Å². The van der Waals surface area contributed by atoms with Crippen LogP contribution in [0.1, 0.15) is 0 Å². The highest BCUT2D eigenvalue weighted by Gasteiger charge is 1.87. The molecule has 0 aliphatic rings. The molecule has 0 rings (SSSR count). The highest BCUT2D eigenvalue weighted by molar-refractivity contribution is 7.97. The average molecular weight is 115 g/mol. The molecule has 0 saturated carbocycles. The third-order valence-corrected chi connectivity index (χ3v) is 0.966. The van der Waals surface area contributed by atoms with E-state index in [0.29, 0.717) is 5.20 Å². The van der Waals surface area contributed by atoms with Gasteiger partial charge in [0.2, 0.25) is 5.12 Å². The van der Waals surface area contributed by atoms with E-state index < -0.39 is 0 Å². The van der Waals surface area contributed by atoms with Gasteiger partial charge in [0.1, 0.15) is 0 Å². The minimum absolute atomic E-state index is 0.290. The van der Waals surface area contributed by atoms with Gasteiger partial charge in [-0.3, -0.25) is 4.79 Å². The second kappa shape index (κ2) is 2.20. The van der Waals surface area contributed by atoms with Crippen molar-refractivity contribution in [1.82, 2.24) is 0 Å². The summed E-state index contributed by atoms with van der Waals surface area (Å²) in [5, 5.41) is -0.0370. The van der Waals surface area contributed by atoms with Crippen LogP contribution >= 0.6 is 12.6 Å². The minimum atomic E-state index is -0.327. The Morgan fingerprint density at radius 2 is 2.00 bits per heavy atom. The summed E-state index contributed by atoms with van der Waals surface area (Å²) in [4.78, 5) is 9.86. The summed E-state index contributed by atoms with van der Waals surface area (Å²) in [5.74, 6) is 0. The van der Waals surface area contributed by atoms with Crippen LogP contribution in [0.5, 0.6) is 0 Å². The van der Waals surface area contributed by atoms with Crippen molar-refractivity contribution in [1.29, 1.82) is 0 Å². The molecular formula is C3H3OSSi. The monoisotopic (exact) mass is 115 g/mol. The first-order valence-electron chi connectivity index (χ1n) is 1.28. The van der Waals surface area contributed by atoms with Crippen molar-refractivity contribution in [2.75, 3.05) is 0 Å². The van der Waals surface area contributed by atoms with Gasteiger partial charge >= 0.3 is 0 Å². The van der Waals surface area contributed by atoms with Gasteiger partial charge in [-0.1, -0.05) is 6.58 Å². The fraction of sp³-hybridized carbons (Fsp3) is 0. The zero-order valence-electron chi connectivity index (χ0n) is 3.06. The molecule has 6 heavy (non-hydrogen) atoms. The molecule has 1 nitrogen and oxygen atoms in total. The van der Waals surface area contributed by atoms with Gasteiger partial charge in [0.15, 0.2) is 0 Å². The quantitative estimate of drug-likeness (QED) is 0.292. The van der Waals surface area contributed by atoms with E-state index in [2.05, 4.69) is 29.5 Å². The molecule has 3 radical (unpaired) electrons. The van der Waals surface area contributed by atoms with Crippen LogP contribution in [0, 0.1) is 0 Å². The van der Waals surface area contributed by atoms with Crippen LogP contribution in [0.3, 0.4) is 0 Å². The lowest BCUT2D eigenvalue weighted by Crippen LogP contribution is -1.87. The molecule has 0 aliphatic heterocycles. The average Bonchev–Trinajstić information content (AvgIpc) is 1.36. The molecule has 0 saturated heterocycles. The largest absolute Gasteiger partial charge is 0.283 e. The third-order valence-electron chi connectivity index (χ3n) is 0.258. The lowest BCUT2D eigenvalue weighted by atomic mass is 10.7. The maximum atomic E-state index is 9.86. The third kappa shape index (κ3) is 2.23. The number of carbonyl (C=O) groups excluding carboxylic acids is 1. The molecule has 0 N–H and O–H groups in total. The molecule has 0 spiro atoms. The Morgan fingerprint density at radius 3 is 2.00 bits per heavy atom. The van der Waals surface area contributed by atoms with Crippen molar-refractivity contribution < 1.29 is 4.79 Å². The van der Waals surface area contributed by atoms with E-state index in [4.69, 9.17) is 0 Å². The highest BCUT2D eigenvalue weighted by Crippen LogP contribution is 1.85. The van der Waals surface area contributed by atoms with Gasteiger partial charge in [0, 0.05) is 0 Å². The van der Waals surface area contributed by atoms with Crippen molar-refractivity contribution in [3.63, 3.8) is 0 Å². The van der Waals surface area contributed by atoms with Crippen molar-refractivity contribution in [3.8, 4) is 0 Å². The number of hydrogen-bond donors (Lipinski definition) is 1. The molecule has 0 amide bonds. The summed E-state index contributed by atoms with van der Waals surface area (Å²) in [6.45, 7) is 3.24. The van der Waals surface area contributed by atoms with Crippen LogP contribution in [0.15, 0.2) is 11.8 Å². The Hall–Kier alpha value is -0.0231. The molecule has 0 aromatic rings. The molecule has 0 aromatic carbocycles. The molecule has 0 aliphatic carbocycles. The molecule has 0 fully saturated rings. The van der Waals surface area contributed by atoms with Crippen molar-refractivity contribution in [2.24, 2.45) is 0 Å². The highest BCUT2D eigenvalue weighted by atomic mass is 32.1. The molecule has 3 heteroatoms. The van der Waals surface area contributed by atoms with Crippen LogP contribution in [-0.2, 0) is 4.79 Å². The van der Waals surface area contributed by atoms with Gasteiger partial charge in [0.05, 0.1) is 10.2 Å². The predicted octanol–water partition coefficient (Wildman–Crippen LogP) is 0.125. The second-order valence-electron chi connectivity index (χ2n) is 0.784. The predicted molar refractivity (Wildman–Crippen MR) is 28.9 cm³/mol. The minimum Gasteiger partial charge on any atom is -0.283 e. The molecule has 0 bridgehead atoms. The lowest BCUT2D eigenvalue weighted by Gasteiger charge is -1.79. The molecule has 0 unspecified atom stereocenters. The smallest absolute Gasteiger partial charge is 0.206 e. The molecule has 0 atom stereocenters. The Labute approximate surface area is 45.3 Å². The first kappa shape index (κ1) is 5.98. The van der Waals surface area contributed by atoms with Gasteiger partial charge in [0.25, 0.3) is 0 Å². The number of carbonyl (C=O) groups is 1. The van der Waals surface area contributed by atoms with Crippen molar-refractivity contribution in [3.05, 3.63) is 11.8 Å². The van der Waals surface area contributed by atoms with Crippen LogP contribution in [0.25, 0.3) is 0 Å². The van der Waals surface area contributed by atoms with E-state index in [9.17, 15) is 4.79 Å². The summed E-state index contributed by atoms with van der Waals surface area (Å²) < 4.78 is 0. The topological polar surface area (TPSA) is 17.1 Å². The second-order valence-corrected chi connectivity index (χ2v) is 1.79. The van der Waals surface area contributed by atoms with Gasteiger partial charge in [-0.15, -0.1) is 12.6 Å². The fourth-order valence-corrected chi connectivity index (χ4v) is 0. The molecule has 31 valence electrons. The van der Waals surface area contributed by atoms with E-state index in [-0.39, 0.29) is 5.12 Å². The van der Waals surface area contributed by atoms with E-state index >= 15 is 0 Å². The molecule has 0 aromatic heterocycles. The van der Waals surface area contributed by atoms with Crippen LogP contribution in [0.4, 0.5) is 0 Å². The summed E-state index contributed by atoms with van der Waals surface area (Å²) in [6, 6.07) is 0. The summed E-state index contributed by atoms with van der Waals surface area (Å²) in [7, 11) is 2.86. The maximum Gasteiger partial charge on any atom is 0.206 e. The maximum absolute atomic E-state index is 9.86.